The molecule has 0 aromatic heterocycles. The van der Waals surface area contributed by atoms with Gasteiger partial charge in [0.1, 0.15) is 0 Å². The van der Waals surface area contributed by atoms with E-state index in [1.54, 1.807) is 0 Å². The first-order chi connectivity index (χ1) is 7.48. The molecule has 0 aliphatic rings. The van der Waals surface area contributed by atoms with E-state index in [4.69, 9.17) is 11.7 Å². The number of benzene rings is 1. The lowest BCUT2D eigenvalue weighted by atomic mass is 10.0. The molecule has 0 spiro atoms. The van der Waals surface area contributed by atoms with Gasteiger partial charge in [-0.25, -0.2) is 0 Å². The lowest BCUT2D eigenvalue weighted by molar-refractivity contribution is 0.431. The molecule has 82 valence electrons. The van der Waals surface area contributed by atoms with Crippen LogP contribution in [0.4, 0.5) is 0 Å². The molecule has 0 fully saturated rings. The zero-order valence-corrected chi connectivity index (χ0v) is 9.91. The van der Waals surface area contributed by atoms with Gasteiger partial charge in [0.2, 0.25) is 0 Å². The van der Waals surface area contributed by atoms with Gasteiger partial charge in [0.05, 0.1) is 17.2 Å². The molecule has 0 aliphatic heterocycles. The number of nitrogens with one attached hydrogen (secondary N) is 1. The first kappa shape index (κ1) is 12.3. The Morgan fingerprint density at radius 2 is 1.88 bits per heavy atom. The summed E-state index contributed by atoms with van der Waals surface area (Å²) in [5.74, 6) is 2.70. The first-order valence-electron chi connectivity index (χ1n) is 5.24. The highest BCUT2D eigenvalue weighted by molar-refractivity contribution is 5.33. The zero-order valence-electron chi connectivity index (χ0n) is 9.91. The summed E-state index contributed by atoms with van der Waals surface area (Å²) in [5.41, 5.74) is 1.47. The summed E-state index contributed by atoms with van der Waals surface area (Å²) in [4.78, 5) is 0. The topological polar surface area (TPSA) is 35.8 Å². The molecule has 0 bridgehead atoms. The lowest BCUT2D eigenvalue weighted by Gasteiger charge is -2.25. The molecule has 2 nitrogen and oxygen atoms in total. The van der Waals surface area contributed by atoms with Crippen molar-refractivity contribution in [1.82, 2.24) is 5.32 Å². The molecular formula is C14H16N2. The van der Waals surface area contributed by atoms with Gasteiger partial charge in [-0.3, -0.25) is 5.32 Å². The summed E-state index contributed by atoms with van der Waals surface area (Å²) in [6, 6.07) is 9.79. The van der Waals surface area contributed by atoms with E-state index in [0.717, 1.165) is 5.56 Å². The Labute approximate surface area is 97.3 Å². The maximum Gasteiger partial charge on any atom is 0.0991 e. The van der Waals surface area contributed by atoms with Gasteiger partial charge >= 0.3 is 0 Å². The molecule has 2 heteroatoms. The van der Waals surface area contributed by atoms with Crippen LogP contribution in [-0.2, 0) is 0 Å². The van der Waals surface area contributed by atoms with E-state index in [0.29, 0.717) is 5.56 Å². The molecule has 0 saturated heterocycles. The monoisotopic (exact) mass is 212 g/mol. The molecule has 0 radical (unpaired) electrons. The summed E-state index contributed by atoms with van der Waals surface area (Å²) < 4.78 is 0. The molecule has 0 amide bonds. The van der Waals surface area contributed by atoms with Crippen molar-refractivity contribution in [1.29, 1.82) is 5.26 Å². The van der Waals surface area contributed by atoms with Gasteiger partial charge in [-0.2, -0.15) is 5.26 Å². The fraction of sp³-hybridized carbons (Fsp3) is 0.357. The van der Waals surface area contributed by atoms with Gasteiger partial charge in [0.25, 0.3) is 0 Å². The van der Waals surface area contributed by atoms with Crippen molar-refractivity contribution < 1.29 is 0 Å². The lowest BCUT2D eigenvalue weighted by Crippen LogP contribution is -2.39. The van der Waals surface area contributed by atoms with Crippen LogP contribution in [0.15, 0.2) is 24.3 Å². The van der Waals surface area contributed by atoms with Crippen LogP contribution in [0.25, 0.3) is 0 Å². The Bertz CT molecular complexity index is 429. The predicted octanol–water partition coefficient (Wildman–Crippen LogP) is 2.62. The Kier molecular flexibility index (Phi) is 3.72. The number of rotatable bonds is 3. The van der Waals surface area contributed by atoms with Crippen LogP contribution in [0.3, 0.4) is 0 Å². The third-order valence-corrected chi connectivity index (χ3v) is 2.48. The number of nitriles is 1. The van der Waals surface area contributed by atoms with Gasteiger partial charge in [-0.15, -0.1) is 6.42 Å². The highest BCUT2D eigenvalue weighted by atomic mass is 15.0. The van der Waals surface area contributed by atoms with Crippen molar-refractivity contribution in [2.75, 3.05) is 0 Å². The average Bonchev–Trinajstić information content (AvgIpc) is 2.28. The van der Waals surface area contributed by atoms with E-state index in [9.17, 15) is 0 Å². The van der Waals surface area contributed by atoms with Crippen LogP contribution in [0.5, 0.6) is 0 Å². The molecule has 0 heterocycles. The van der Waals surface area contributed by atoms with Crippen molar-refractivity contribution >= 4 is 0 Å². The molecule has 16 heavy (non-hydrogen) atoms. The molecular weight excluding hydrogens is 196 g/mol. The van der Waals surface area contributed by atoms with Gasteiger partial charge in [0, 0.05) is 6.04 Å². The standard InChI is InChI=1S/C14H16N2/c1-5-14(3,4)16-11(2)13-8-6-12(10-15)7-9-13/h1,6-9,11,16H,2-4H3. The fourth-order valence-electron chi connectivity index (χ4n) is 1.51. The van der Waals surface area contributed by atoms with Gasteiger partial charge in [0.15, 0.2) is 0 Å². The SMILES string of the molecule is C#CC(C)(C)NC(C)c1ccc(C#N)cc1. The van der Waals surface area contributed by atoms with Crippen LogP contribution in [0.1, 0.15) is 37.9 Å². The second-order valence-corrected chi connectivity index (χ2v) is 4.37. The maximum absolute atomic E-state index is 8.70. The van der Waals surface area contributed by atoms with Crippen molar-refractivity contribution in [3.8, 4) is 18.4 Å². The van der Waals surface area contributed by atoms with Crippen LogP contribution < -0.4 is 5.32 Å². The van der Waals surface area contributed by atoms with Gasteiger partial charge < -0.3 is 0 Å². The third kappa shape index (κ3) is 3.12. The Morgan fingerprint density at radius 3 is 2.31 bits per heavy atom. The highest BCUT2D eigenvalue weighted by Gasteiger charge is 2.17. The summed E-state index contributed by atoms with van der Waals surface area (Å²) in [7, 11) is 0. The normalized spacial score (nSPS) is 12.6. The summed E-state index contributed by atoms with van der Waals surface area (Å²) in [6.45, 7) is 5.99. The van der Waals surface area contributed by atoms with Crippen molar-refractivity contribution in [3.05, 3.63) is 35.4 Å². The molecule has 1 atom stereocenters. The number of hydrogen-bond donors (Lipinski definition) is 1. The fourth-order valence-corrected chi connectivity index (χ4v) is 1.51. The van der Waals surface area contributed by atoms with Crippen molar-refractivity contribution in [2.45, 2.75) is 32.4 Å². The molecule has 1 unspecified atom stereocenters. The van der Waals surface area contributed by atoms with E-state index >= 15 is 0 Å². The second kappa shape index (κ2) is 4.84. The molecule has 1 N–H and O–H groups in total. The second-order valence-electron chi connectivity index (χ2n) is 4.37. The minimum Gasteiger partial charge on any atom is -0.295 e. The first-order valence-corrected chi connectivity index (χ1v) is 5.24. The van der Waals surface area contributed by atoms with Crippen LogP contribution in [0, 0.1) is 23.7 Å². The Hall–Kier alpha value is -1.77. The molecule has 1 aromatic rings. The van der Waals surface area contributed by atoms with Gasteiger partial charge in [-0.05, 0) is 38.5 Å². The Balaban J connectivity index is 2.79. The summed E-state index contributed by atoms with van der Waals surface area (Å²) in [6.07, 6.45) is 5.42. The van der Waals surface area contributed by atoms with Crippen molar-refractivity contribution in [3.63, 3.8) is 0 Å². The van der Waals surface area contributed by atoms with Crippen LogP contribution in [0.2, 0.25) is 0 Å². The summed E-state index contributed by atoms with van der Waals surface area (Å²) in [5, 5.41) is 12.0. The minimum atomic E-state index is -0.326. The van der Waals surface area contributed by atoms with Crippen molar-refractivity contribution in [2.24, 2.45) is 0 Å². The number of nitrogens with zero attached hydrogens (tertiary/aromatic N) is 1. The van der Waals surface area contributed by atoms with E-state index < -0.39 is 0 Å². The van der Waals surface area contributed by atoms with E-state index in [1.807, 2.05) is 38.1 Å². The molecule has 0 aliphatic carbocycles. The van der Waals surface area contributed by atoms with E-state index in [1.165, 1.54) is 0 Å². The number of hydrogen-bond acceptors (Lipinski definition) is 2. The van der Waals surface area contributed by atoms with E-state index in [2.05, 4.69) is 24.2 Å². The van der Waals surface area contributed by atoms with E-state index in [-0.39, 0.29) is 11.6 Å². The van der Waals surface area contributed by atoms with Crippen LogP contribution in [-0.4, -0.2) is 5.54 Å². The molecule has 1 aromatic carbocycles. The molecule has 1 rings (SSSR count). The minimum absolute atomic E-state index is 0.166. The predicted molar refractivity (Wildman–Crippen MR) is 65.6 cm³/mol. The summed E-state index contributed by atoms with van der Waals surface area (Å²) >= 11 is 0. The largest absolute Gasteiger partial charge is 0.295 e. The Morgan fingerprint density at radius 1 is 1.31 bits per heavy atom. The number of terminal acetylenes is 1. The van der Waals surface area contributed by atoms with Crippen LogP contribution >= 0.6 is 0 Å². The third-order valence-electron chi connectivity index (χ3n) is 2.48. The smallest absolute Gasteiger partial charge is 0.0991 e. The quantitative estimate of drug-likeness (QED) is 0.782. The zero-order chi connectivity index (χ0) is 12.2. The highest BCUT2D eigenvalue weighted by Crippen LogP contribution is 2.16. The van der Waals surface area contributed by atoms with Gasteiger partial charge in [-0.1, -0.05) is 18.1 Å². The molecule has 0 saturated carbocycles. The average molecular weight is 212 g/mol. The maximum atomic E-state index is 8.70.